The standard InChI is InChI=1S/C11H14O/c1-8-7-11(8,2)9-4-3-5-10(12)6-9/h3-6,8,12H,7H2,1-2H3/t8-,11+/m0/s1. The SMILES string of the molecule is C[C@H]1C[C@@]1(C)c1cccc(O)c1. The predicted molar refractivity (Wildman–Crippen MR) is 49.2 cm³/mol. The maximum absolute atomic E-state index is 9.29. The minimum Gasteiger partial charge on any atom is -0.508 e. The molecule has 1 aliphatic carbocycles. The first-order valence-corrected chi connectivity index (χ1v) is 4.42. The Morgan fingerprint density at radius 1 is 1.50 bits per heavy atom. The van der Waals surface area contributed by atoms with E-state index in [0.717, 1.165) is 5.92 Å². The molecule has 1 nitrogen and oxygen atoms in total. The van der Waals surface area contributed by atoms with Crippen LogP contribution in [0.5, 0.6) is 5.75 Å². The number of benzene rings is 1. The average molecular weight is 162 g/mol. The Morgan fingerprint density at radius 3 is 2.67 bits per heavy atom. The predicted octanol–water partition coefficient (Wildman–Crippen LogP) is 2.69. The van der Waals surface area contributed by atoms with Gasteiger partial charge in [0.2, 0.25) is 0 Å². The van der Waals surface area contributed by atoms with Gasteiger partial charge in [-0.15, -0.1) is 0 Å². The zero-order valence-corrected chi connectivity index (χ0v) is 7.54. The molecule has 1 aromatic carbocycles. The maximum Gasteiger partial charge on any atom is 0.115 e. The average Bonchev–Trinajstić information content (AvgIpc) is 2.61. The van der Waals surface area contributed by atoms with Crippen LogP contribution in [0.2, 0.25) is 0 Å². The normalized spacial score (nSPS) is 33.3. The van der Waals surface area contributed by atoms with Crippen LogP contribution in [0.4, 0.5) is 0 Å². The van der Waals surface area contributed by atoms with Crippen molar-refractivity contribution in [2.45, 2.75) is 25.7 Å². The minimum absolute atomic E-state index is 0.332. The van der Waals surface area contributed by atoms with Crippen molar-refractivity contribution in [3.8, 4) is 5.75 Å². The first-order valence-electron chi connectivity index (χ1n) is 4.42. The number of hydrogen-bond donors (Lipinski definition) is 1. The van der Waals surface area contributed by atoms with E-state index in [4.69, 9.17) is 0 Å². The molecule has 0 aliphatic heterocycles. The maximum atomic E-state index is 9.29. The monoisotopic (exact) mass is 162 g/mol. The molecular weight excluding hydrogens is 148 g/mol. The molecule has 0 spiro atoms. The van der Waals surface area contributed by atoms with E-state index in [1.165, 1.54) is 12.0 Å². The number of phenols is 1. The minimum atomic E-state index is 0.332. The summed E-state index contributed by atoms with van der Waals surface area (Å²) in [5, 5.41) is 9.29. The Balaban J connectivity index is 2.36. The largest absolute Gasteiger partial charge is 0.508 e. The summed E-state index contributed by atoms with van der Waals surface area (Å²) in [5.41, 5.74) is 1.61. The Hall–Kier alpha value is -0.980. The van der Waals surface area contributed by atoms with Crippen LogP contribution < -0.4 is 0 Å². The zero-order chi connectivity index (χ0) is 8.77. The van der Waals surface area contributed by atoms with Gasteiger partial charge in [0.1, 0.15) is 5.75 Å². The van der Waals surface area contributed by atoms with Crippen molar-refractivity contribution in [3.63, 3.8) is 0 Å². The Morgan fingerprint density at radius 2 is 2.17 bits per heavy atom. The topological polar surface area (TPSA) is 20.2 Å². The van der Waals surface area contributed by atoms with E-state index in [1.807, 2.05) is 12.1 Å². The van der Waals surface area contributed by atoms with E-state index in [2.05, 4.69) is 19.9 Å². The van der Waals surface area contributed by atoms with Gasteiger partial charge in [0.15, 0.2) is 0 Å². The lowest BCUT2D eigenvalue weighted by Gasteiger charge is -2.09. The summed E-state index contributed by atoms with van der Waals surface area (Å²) in [7, 11) is 0. The van der Waals surface area contributed by atoms with Crippen molar-refractivity contribution in [3.05, 3.63) is 29.8 Å². The first kappa shape index (κ1) is 7.66. The summed E-state index contributed by atoms with van der Waals surface area (Å²) in [4.78, 5) is 0. The van der Waals surface area contributed by atoms with Gasteiger partial charge in [-0.05, 0) is 35.4 Å². The van der Waals surface area contributed by atoms with E-state index < -0.39 is 0 Å². The first-order chi connectivity index (χ1) is 5.63. The molecule has 64 valence electrons. The van der Waals surface area contributed by atoms with Crippen molar-refractivity contribution in [2.75, 3.05) is 0 Å². The second kappa shape index (κ2) is 2.25. The van der Waals surface area contributed by atoms with Gasteiger partial charge in [-0.2, -0.15) is 0 Å². The van der Waals surface area contributed by atoms with Crippen LogP contribution in [0.25, 0.3) is 0 Å². The van der Waals surface area contributed by atoms with E-state index in [1.54, 1.807) is 6.07 Å². The lowest BCUT2D eigenvalue weighted by Crippen LogP contribution is -2.01. The second-order valence-electron chi connectivity index (χ2n) is 4.07. The molecule has 12 heavy (non-hydrogen) atoms. The molecule has 1 aliphatic rings. The van der Waals surface area contributed by atoms with Crippen molar-refractivity contribution >= 4 is 0 Å². The quantitative estimate of drug-likeness (QED) is 0.673. The van der Waals surface area contributed by atoms with Gasteiger partial charge in [-0.25, -0.2) is 0 Å². The summed E-state index contributed by atoms with van der Waals surface area (Å²) in [5.74, 6) is 1.15. The Kier molecular flexibility index (Phi) is 1.44. The van der Waals surface area contributed by atoms with Crippen LogP contribution in [0.1, 0.15) is 25.8 Å². The summed E-state index contributed by atoms with van der Waals surface area (Å²) < 4.78 is 0. The third-order valence-electron chi connectivity index (χ3n) is 3.16. The molecule has 1 heteroatoms. The molecule has 1 N–H and O–H groups in total. The van der Waals surface area contributed by atoms with Crippen molar-refractivity contribution < 1.29 is 5.11 Å². The number of phenolic OH excluding ortho intramolecular Hbond substituents is 1. The lowest BCUT2D eigenvalue weighted by molar-refractivity contribution is 0.473. The van der Waals surface area contributed by atoms with Crippen LogP contribution in [0.3, 0.4) is 0 Å². The molecule has 0 amide bonds. The highest BCUT2D eigenvalue weighted by atomic mass is 16.3. The van der Waals surface area contributed by atoms with Gasteiger partial charge in [0.25, 0.3) is 0 Å². The van der Waals surface area contributed by atoms with Crippen molar-refractivity contribution in [2.24, 2.45) is 5.92 Å². The van der Waals surface area contributed by atoms with E-state index in [9.17, 15) is 5.11 Å². The molecular formula is C11H14O. The van der Waals surface area contributed by atoms with Gasteiger partial charge in [0.05, 0.1) is 0 Å². The second-order valence-corrected chi connectivity index (χ2v) is 4.07. The molecule has 0 unspecified atom stereocenters. The fourth-order valence-corrected chi connectivity index (χ4v) is 1.84. The van der Waals surface area contributed by atoms with Crippen LogP contribution in [0.15, 0.2) is 24.3 Å². The highest BCUT2D eigenvalue weighted by molar-refractivity contribution is 5.37. The van der Waals surface area contributed by atoms with E-state index in [-0.39, 0.29) is 0 Å². The third-order valence-corrected chi connectivity index (χ3v) is 3.16. The summed E-state index contributed by atoms with van der Waals surface area (Å²) >= 11 is 0. The van der Waals surface area contributed by atoms with Crippen LogP contribution in [0, 0.1) is 5.92 Å². The fourth-order valence-electron chi connectivity index (χ4n) is 1.84. The molecule has 1 aromatic rings. The molecule has 1 fully saturated rings. The Labute approximate surface area is 73.0 Å². The molecule has 1 saturated carbocycles. The lowest BCUT2D eigenvalue weighted by atomic mass is 9.96. The highest BCUT2D eigenvalue weighted by Crippen LogP contribution is 2.53. The van der Waals surface area contributed by atoms with Gasteiger partial charge >= 0.3 is 0 Å². The molecule has 0 bridgehead atoms. The van der Waals surface area contributed by atoms with Crippen molar-refractivity contribution in [1.29, 1.82) is 0 Å². The van der Waals surface area contributed by atoms with Gasteiger partial charge in [-0.1, -0.05) is 26.0 Å². The Bertz CT molecular complexity index is 306. The summed E-state index contributed by atoms with van der Waals surface area (Å²) in [6.45, 7) is 4.51. The fraction of sp³-hybridized carbons (Fsp3) is 0.455. The molecule has 0 saturated heterocycles. The van der Waals surface area contributed by atoms with Crippen LogP contribution in [-0.4, -0.2) is 5.11 Å². The zero-order valence-electron chi connectivity index (χ0n) is 7.54. The van der Waals surface area contributed by atoms with E-state index in [0.29, 0.717) is 11.2 Å². The van der Waals surface area contributed by atoms with Crippen molar-refractivity contribution in [1.82, 2.24) is 0 Å². The molecule has 0 radical (unpaired) electrons. The van der Waals surface area contributed by atoms with Gasteiger partial charge in [0, 0.05) is 0 Å². The smallest absolute Gasteiger partial charge is 0.115 e. The van der Waals surface area contributed by atoms with E-state index >= 15 is 0 Å². The van der Waals surface area contributed by atoms with Crippen LogP contribution >= 0.6 is 0 Å². The van der Waals surface area contributed by atoms with Crippen LogP contribution in [-0.2, 0) is 5.41 Å². The number of aromatic hydroxyl groups is 1. The number of rotatable bonds is 1. The molecule has 2 rings (SSSR count). The van der Waals surface area contributed by atoms with Gasteiger partial charge < -0.3 is 5.11 Å². The molecule has 2 atom stereocenters. The molecule has 0 aromatic heterocycles. The summed E-state index contributed by atoms with van der Waals surface area (Å²) in [6.07, 6.45) is 1.25. The summed E-state index contributed by atoms with van der Waals surface area (Å²) in [6, 6.07) is 7.62. The van der Waals surface area contributed by atoms with Gasteiger partial charge in [-0.3, -0.25) is 0 Å². The number of hydrogen-bond acceptors (Lipinski definition) is 1. The third kappa shape index (κ3) is 1.01. The highest BCUT2D eigenvalue weighted by Gasteiger charge is 2.47. The molecule has 0 heterocycles.